The van der Waals surface area contributed by atoms with Gasteiger partial charge in [0.2, 0.25) is 0 Å². The summed E-state index contributed by atoms with van der Waals surface area (Å²) in [5.74, 6) is 0.830. The lowest BCUT2D eigenvalue weighted by Crippen LogP contribution is -2.34. The van der Waals surface area contributed by atoms with Crippen molar-refractivity contribution in [3.05, 3.63) is 59.2 Å². The molecule has 1 aliphatic heterocycles. The predicted molar refractivity (Wildman–Crippen MR) is 90.1 cm³/mol. The molecular formula is C19H21NO4. The standard InChI is InChI=1S/C19H21NO4/c1-23-16-10-14-8-9-20(12-13-6-4-3-5-7-13)19(22)18(21)15(14)11-17(16)24-2/h3-7,10-11,18,21H,8-9,12H2,1-2H3. The second-order valence-electron chi connectivity index (χ2n) is 5.80. The molecule has 0 radical (unpaired) electrons. The quantitative estimate of drug-likeness (QED) is 0.936. The van der Waals surface area contributed by atoms with E-state index in [0.717, 1.165) is 11.1 Å². The summed E-state index contributed by atoms with van der Waals surface area (Å²) in [4.78, 5) is 14.4. The number of hydrogen-bond donors (Lipinski definition) is 1. The van der Waals surface area contributed by atoms with E-state index in [9.17, 15) is 9.90 Å². The lowest BCUT2D eigenvalue weighted by molar-refractivity contribution is -0.140. The molecule has 5 heteroatoms. The normalized spacial score (nSPS) is 17.2. The number of ether oxygens (including phenoxy) is 2. The van der Waals surface area contributed by atoms with Crippen molar-refractivity contribution in [2.45, 2.75) is 19.1 Å². The van der Waals surface area contributed by atoms with Crippen molar-refractivity contribution in [2.75, 3.05) is 20.8 Å². The van der Waals surface area contributed by atoms with E-state index in [1.54, 1.807) is 18.1 Å². The van der Waals surface area contributed by atoms with Crippen LogP contribution in [-0.2, 0) is 17.8 Å². The predicted octanol–water partition coefficient (Wildman–Crippen LogP) is 2.32. The van der Waals surface area contributed by atoms with Gasteiger partial charge >= 0.3 is 0 Å². The lowest BCUT2D eigenvalue weighted by atomic mass is 10.00. The molecule has 1 heterocycles. The van der Waals surface area contributed by atoms with Gasteiger partial charge in [0, 0.05) is 13.1 Å². The van der Waals surface area contributed by atoms with Crippen LogP contribution in [0.2, 0.25) is 0 Å². The van der Waals surface area contributed by atoms with E-state index >= 15 is 0 Å². The highest BCUT2D eigenvalue weighted by molar-refractivity contribution is 5.83. The number of hydrogen-bond acceptors (Lipinski definition) is 4. The molecule has 0 fully saturated rings. The third-order valence-electron chi connectivity index (χ3n) is 4.35. The summed E-state index contributed by atoms with van der Waals surface area (Å²) in [7, 11) is 3.11. The van der Waals surface area contributed by atoms with Gasteiger partial charge in [-0.3, -0.25) is 4.79 Å². The summed E-state index contributed by atoms with van der Waals surface area (Å²) < 4.78 is 10.6. The zero-order valence-electron chi connectivity index (χ0n) is 13.9. The van der Waals surface area contributed by atoms with Crippen molar-refractivity contribution < 1.29 is 19.4 Å². The van der Waals surface area contributed by atoms with Gasteiger partial charge in [0.25, 0.3) is 5.91 Å². The second kappa shape index (κ2) is 6.93. The van der Waals surface area contributed by atoms with E-state index in [1.165, 1.54) is 7.11 Å². The van der Waals surface area contributed by atoms with Gasteiger partial charge in [0.15, 0.2) is 17.6 Å². The summed E-state index contributed by atoms with van der Waals surface area (Å²) in [6.07, 6.45) is -0.531. The first-order chi connectivity index (χ1) is 11.6. The molecular weight excluding hydrogens is 306 g/mol. The number of fused-ring (bicyclic) bond motifs is 1. The van der Waals surface area contributed by atoms with Crippen LogP contribution in [0.25, 0.3) is 0 Å². The summed E-state index contributed by atoms with van der Waals surface area (Å²) in [6.45, 7) is 1.03. The highest BCUT2D eigenvalue weighted by Gasteiger charge is 2.30. The number of carbonyl (C=O) groups excluding carboxylic acids is 1. The Balaban J connectivity index is 1.90. The minimum absolute atomic E-state index is 0.287. The Hall–Kier alpha value is -2.53. The van der Waals surface area contributed by atoms with Crippen LogP contribution in [-0.4, -0.2) is 36.7 Å². The molecule has 126 valence electrons. The third kappa shape index (κ3) is 3.08. The molecule has 0 aliphatic carbocycles. The van der Waals surface area contributed by atoms with Crippen LogP contribution in [0.5, 0.6) is 11.5 Å². The van der Waals surface area contributed by atoms with Crippen LogP contribution in [0.1, 0.15) is 22.8 Å². The number of amides is 1. The number of carbonyl (C=O) groups is 1. The molecule has 5 nitrogen and oxygen atoms in total. The van der Waals surface area contributed by atoms with Gasteiger partial charge in [-0.25, -0.2) is 0 Å². The van der Waals surface area contributed by atoms with Crippen LogP contribution in [0, 0.1) is 0 Å². The van der Waals surface area contributed by atoms with Gasteiger partial charge in [-0.1, -0.05) is 30.3 Å². The van der Waals surface area contributed by atoms with E-state index in [-0.39, 0.29) is 5.91 Å². The molecule has 0 saturated carbocycles. The number of nitrogens with zero attached hydrogens (tertiary/aromatic N) is 1. The molecule has 24 heavy (non-hydrogen) atoms. The largest absolute Gasteiger partial charge is 0.493 e. The Bertz CT molecular complexity index is 730. The van der Waals surface area contributed by atoms with Crippen LogP contribution < -0.4 is 9.47 Å². The Labute approximate surface area is 141 Å². The Morgan fingerprint density at radius 2 is 1.79 bits per heavy atom. The van der Waals surface area contributed by atoms with Gasteiger partial charge < -0.3 is 19.5 Å². The van der Waals surface area contributed by atoms with Crippen LogP contribution >= 0.6 is 0 Å². The lowest BCUT2D eigenvalue weighted by Gasteiger charge is -2.22. The van der Waals surface area contributed by atoms with Crippen molar-refractivity contribution in [1.82, 2.24) is 4.90 Å². The van der Waals surface area contributed by atoms with Crippen molar-refractivity contribution in [2.24, 2.45) is 0 Å². The minimum Gasteiger partial charge on any atom is -0.493 e. The Morgan fingerprint density at radius 3 is 2.46 bits per heavy atom. The fraction of sp³-hybridized carbons (Fsp3) is 0.316. The summed E-state index contributed by atoms with van der Waals surface area (Å²) in [5, 5.41) is 10.6. The van der Waals surface area contributed by atoms with Crippen LogP contribution in [0.4, 0.5) is 0 Å². The van der Waals surface area contributed by atoms with E-state index in [2.05, 4.69) is 0 Å². The monoisotopic (exact) mass is 327 g/mol. The van der Waals surface area contributed by atoms with Crippen LogP contribution in [0.15, 0.2) is 42.5 Å². The molecule has 0 spiro atoms. The topological polar surface area (TPSA) is 59.0 Å². The number of aliphatic hydroxyl groups excluding tert-OH is 1. The minimum atomic E-state index is -1.19. The van der Waals surface area contributed by atoms with E-state index in [0.29, 0.717) is 36.6 Å². The average Bonchev–Trinajstić information content (AvgIpc) is 2.73. The fourth-order valence-corrected chi connectivity index (χ4v) is 3.04. The van der Waals surface area contributed by atoms with E-state index in [1.807, 2.05) is 36.4 Å². The molecule has 1 N–H and O–H groups in total. The molecule has 2 aromatic rings. The number of rotatable bonds is 4. The molecule has 0 bridgehead atoms. The molecule has 0 aromatic heterocycles. The molecule has 0 saturated heterocycles. The zero-order valence-corrected chi connectivity index (χ0v) is 13.9. The van der Waals surface area contributed by atoms with Crippen LogP contribution in [0.3, 0.4) is 0 Å². The SMILES string of the molecule is COc1cc2c(cc1OC)C(O)C(=O)N(Cc1ccccc1)CC2. The van der Waals surface area contributed by atoms with Gasteiger partial charge in [0.1, 0.15) is 0 Å². The molecule has 3 rings (SSSR count). The first-order valence-electron chi connectivity index (χ1n) is 7.89. The highest BCUT2D eigenvalue weighted by atomic mass is 16.5. The Morgan fingerprint density at radius 1 is 1.12 bits per heavy atom. The van der Waals surface area contributed by atoms with Gasteiger partial charge in [0.05, 0.1) is 14.2 Å². The number of methoxy groups -OCH3 is 2. The zero-order chi connectivity index (χ0) is 17.1. The second-order valence-corrected chi connectivity index (χ2v) is 5.80. The van der Waals surface area contributed by atoms with E-state index in [4.69, 9.17) is 9.47 Å². The van der Waals surface area contributed by atoms with Gasteiger partial charge in [-0.15, -0.1) is 0 Å². The molecule has 1 unspecified atom stereocenters. The summed E-state index contributed by atoms with van der Waals surface area (Å²) in [6, 6.07) is 13.3. The van der Waals surface area contributed by atoms with Crippen molar-refractivity contribution in [3.63, 3.8) is 0 Å². The average molecular weight is 327 g/mol. The maximum atomic E-state index is 12.7. The molecule has 2 aromatic carbocycles. The molecule has 1 amide bonds. The van der Waals surface area contributed by atoms with Gasteiger partial charge in [-0.05, 0) is 35.2 Å². The van der Waals surface area contributed by atoms with E-state index < -0.39 is 6.10 Å². The van der Waals surface area contributed by atoms with Crippen molar-refractivity contribution in [3.8, 4) is 11.5 Å². The molecule has 1 atom stereocenters. The Kier molecular flexibility index (Phi) is 4.71. The smallest absolute Gasteiger partial charge is 0.256 e. The number of benzene rings is 2. The maximum Gasteiger partial charge on any atom is 0.256 e. The highest BCUT2D eigenvalue weighted by Crippen LogP contribution is 2.35. The number of aliphatic hydroxyl groups is 1. The fourth-order valence-electron chi connectivity index (χ4n) is 3.04. The summed E-state index contributed by atoms with van der Waals surface area (Å²) in [5.41, 5.74) is 2.54. The first-order valence-corrected chi connectivity index (χ1v) is 7.89. The van der Waals surface area contributed by atoms with Crippen molar-refractivity contribution in [1.29, 1.82) is 0 Å². The maximum absolute atomic E-state index is 12.7. The molecule has 1 aliphatic rings. The van der Waals surface area contributed by atoms with Crippen molar-refractivity contribution >= 4 is 5.91 Å². The third-order valence-corrected chi connectivity index (χ3v) is 4.35. The summed E-state index contributed by atoms with van der Waals surface area (Å²) >= 11 is 0. The van der Waals surface area contributed by atoms with Gasteiger partial charge in [-0.2, -0.15) is 0 Å². The first kappa shape index (κ1) is 16.3.